The highest BCUT2D eigenvalue weighted by molar-refractivity contribution is 6.10. The molecule has 6 aromatic rings. The zero-order valence-corrected chi connectivity index (χ0v) is 78.8. The number of fused-ring (bicyclic) bond motifs is 4. The Morgan fingerprint density at radius 1 is 0.522 bits per heavy atom. The first-order valence-corrected chi connectivity index (χ1v) is 47.6. The highest BCUT2D eigenvalue weighted by Gasteiger charge is 2.46. The fraction of sp³-hybridized carbons (Fsp3) is 0.545. The minimum Gasteiger partial charge on any atom is -0.496 e. The van der Waals surface area contributed by atoms with Crippen molar-refractivity contribution in [1.29, 1.82) is 0 Å². The summed E-state index contributed by atoms with van der Waals surface area (Å²) in [7, 11) is 6.84. The second kappa shape index (κ2) is 45.1. The summed E-state index contributed by atoms with van der Waals surface area (Å²) in [5.41, 5.74) is 7.60. The molecule has 134 heavy (non-hydrogen) atoms. The monoisotopic (exact) mass is 1860 g/mol. The lowest BCUT2D eigenvalue weighted by Crippen LogP contribution is -2.55. The molecule has 4 aromatic carbocycles. The molecule has 0 spiro atoms. The van der Waals surface area contributed by atoms with Gasteiger partial charge in [0.25, 0.3) is 11.8 Å². The largest absolute Gasteiger partial charge is 0.496 e. The molecule has 716 valence electrons. The molecular weight excluding hydrogens is 1730 g/mol. The highest BCUT2D eigenvalue weighted by atomic mass is 35.5. The summed E-state index contributed by atoms with van der Waals surface area (Å²) in [6.07, 6.45) is 21.8. The second-order valence-electron chi connectivity index (χ2n) is 36.7. The molecule has 8 aliphatic heterocycles. The number of likely N-dealkylation sites (tertiary alicyclic amines) is 2. The van der Waals surface area contributed by atoms with Crippen molar-refractivity contribution in [1.82, 2.24) is 55.1 Å². The summed E-state index contributed by atoms with van der Waals surface area (Å²) in [6.45, 7) is 12.7. The van der Waals surface area contributed by atoms with Crippen molar-refractivity contribution in [3.8, 4) is 11.5 Å². The number of amides is 11. The number of likely N-dealkylation sites (N-methyl/N-ethyl adjacent to an activating group) is 2. The van der Waals surface area contributed by atoms with Crippen LogP contribution in [0.2, 0.25) is 0 Å². The molecule has 6 fully saturated rings. The average molecular weight is 1860 g/mol. The molecular formula is C99H126ClN17O17. The molecule has 0 bridgehead atoms. The number of piperidine rings is 4. The van der Waals surface area contributed by atoms with Crippen LogP contribution in [0, 0.1) is 11.8 Å². The fourth-order valence-electron chi connectivity index (χ4n) is 20.6. The van der Waals surface area contributed by atoms with Gasteiger partial charge in [-0.15, -0.1) is 12.4 Å². The highest BCUT2D eigenvalue weighted by Crippen LogP contribution is 2.44. The van der Waals surface area contributed by atoms with Crippen molar-refractivity contribution < 1.29 is 81.3 Å². The predicted octanol–water partition coefficient (Wildman–Crippen LogP) is 10.0. The number of halogens is 1. The third kappa shape index (κ3) is 22.7. The van der Waals surface area contributed by atoms with Crippen LogP contribution in [0.3, 0.4) is 0 Å². The topological polar surface area (TPSA) is 388 Å². The number of hydrogen-bond donors (Lipinski definition) is 4. The molecule has 4 N–H and O–H groups in total. The number of nitrogens with zero attached hydrogens (tertiary/aromatic N) is 13. The Bertz CT molecular complexity index is 5380. The van der Waals surface area contributed by atoms with Crippen molar-refractivity contribution in [2.75, 3.05) is 137 Å². The van der Waals surface area contributed by atoms with Crippen LogP contribution < -0.4 is 50.3 Å². The van der Waals surface area contributed by atoms with E-state index < -0.39 is 29.8 Å². The first-order chi connectivity index (χ1) is 64.3. The van der Waals surface area contributed by atoms with E-state index >= 15 is 0 Å². The van der Waals surface area contributed by atoms with Gasteiger partial charge in [0.1, 0.15) is 58.7 Å². The summed E-state index contributed by atoms with van der Waals surface area (Å²) in [6, 6.07) is 20.1. The maximum Gasteiger partial charge on any atom is 0.255 e. The van der Waals surface area contributed by atoms with Gasteiger partial charge in [-0.3, -0.25) is 73.0 Å². The Morgan fingerprint density at radius 3 is 1.37 bits per heavy atom. The minimum absolute atomic E-state index is 0. The predicted molar refractivity (Wildman–Crippen MR) is 504 cm³/mol. The van der Waals surface area contributed by atoms with Crippen LogP contribution in [0.1, 0.15) is 244 Å². The van der Waals surface area contributed by atoms with E-state index in [9.17, 15) is 62.3 Å². The Balaban J connectivity index is 0.000000214. The number of carbonyl (C=O) groups is 13. The molecule has 34 nitrogen and oxygen atoms in total. The smallest absolute Gasteiger partial charge is 0.255 e. The molecule has 2 unspecified atom stereocenters. The maximum atomic E-state index is 13.6. The van der Waals surface area contributed by atoms with E-state index in [1.165, 1.54) is 21.6 Å². The number of nitrogens with one attached hydrogen (secondary N) is 4. The Morgan fingerprint density at radius 2 is 0.955 bits per heavy atom. The Hall–Kier alpha value is -11.7. The van der Waals surface area contributed by atoms with Crippen LogP contribution in [0.15, 0.2) is 85.2 Å². The number of ketones is 2. The summed E-state index contributed by atoms with van der Waals surface area (Å²) < 4.78 is 23.4. The number of methoxy groups -OCH3 is 2. The molecule has 16 rings (SSSR count). The van der Waals surface area contributed by atoms with Crippen LogP contribution in [-0.2, 0) is 78.6 Å². The number of carbonyl (C=O) groups excluding carboxylic acids is 13. The van der Waals surface area contributed by atoms with Gasteiger partial charge in [0.2, 0.25) is 53.2 Å². The average Bonchev–Trinajstić information content (AvgIpc) is 1.12. The van der Waals surface area contributed by atoms with Gasteiger partial charge in [0.15, 0.2) is 23.2 Å². The summed E-state index contributed by atoms with van der Waals surface area (Å²) in [5.74, 6) is 1.94. The SMILES string of the molecule is CC[C@@H]1C(=O)N(C)c2cnc(Cc3ccc(C(=O)CC4CCN(CCOCCCCC(=O)Nc5cccc6c5CN(C5CCC(=O)NC5=O)C6=O)CC4)cc3OC)nc2N1C1CCCC1.CC[C@@H]1C(=O)N(C)c2cnc(Cc3ccc(C(=O)CC4CCN(CCOCCN(CC(=O)Nc5cccc6c5CN(C5CCC(=O)NC5=O)C6=O)C(C)=O)CC4)cc3OC)nc2N1C1CCCC1.Cl. The van der Waals surface area contributed by atoms with Crippen LogP contribution in [0.25, 0.3) is 0 Å². The number of unbranched alkanes of at least 4 members (excludes halogenated alkanes) is 1. The molecule has 4 saturated heterocycles. The van der Waals surface area contributed by atoms with Gasteiger partial charge in [0, 0.05) is 173 Å². The molecule has 0 radical (unpaired) electrons. The zero-order chi connectivity index (χ0) is 93.7. The van der Waals surface area contributed by atoms with Crippen molar-refractivity contribution in [2.45, 2.75) is 231 Å². The zero-order valence-electron chi connectivity index (χ0n) is 77.9. The maximum absolute atomic E-state index is 13.6. The van der Waals surface area contributed by atoms with Gasteiger partial charge in [0.05, 0.1) is 53.0 Å². The molecule has 2 aliphatic carbocycles. The van der Waals surface area contributed by atoms with Gasteiger partial charge < -0.3 is 73.7 Å². The molecule has 2 saturated carbocycles. The number of Topliss-reactive ketones (excluding diaryl/α,β-unsaturated/α-hetero) is 2. The molecule has 4 atom stereocenters. The summed E-state index contributed by atoms with van der Waals surface area (Å²) in [4.78, 5) is 203. The van der Waals surface area contributed by atoms with Crippen LogP contribution in [-0.4, -0.2) is 264 Å². The number of imide groups is 2. The van der Waals surface area contributed by atoms with Crippen LogP contribution in [0.4, 0.5) is 34.4 Å². The normalized spacial score (nSPS) is 20.2. The quantitative estimate of drug-likeness (QED) is 0.0161. The lowest BCUT2D eigenvalue weighted by atomic mass is 9.89. The second-order valence-corrected chi connectivity index (χ2v) is 36.7. The molecule has 35 heteroatoms. The third-order valence-electron chi connectivity index (χ3n) is 28.2. The number of aromatic nitrogens is 4. The number of rotatable bonds is 36. The van der Waals surface area contributed by atoms with Crippen LogP contribution >= 0.6 is 12.4 Å². The van der Waals surface area contributed by atoms with Crippen LogP contribution in [0.5, 0.6) is 11.5 Å². The minimum atomic E-state index is -0.773. The number of benzene rings is 4. The number of hydrogen-bond acceptors (Lipinski definition) is 25. The van der Waals surface area contributed by atoms with Gasteiger partial charge in [-0.1, -0.05) is 75.9 Å². The van der Waals surface area contributed by atoms with E-state index in [0.717, 1.165) is 150 Å². The lowest BCUT2D eigenvalue weighted by molar-refractivity contribution is -0.138. The van der Waals surface area contributed by atoms with Crippen molar-refractivity contribution in [2.24, 2.45) is 11.8 Å². The van der Waals surface area contributed by atoms with Gasteiger partial charge in [-0.25, -0.2) is 19.9 Å². The van der Waals surface area contributed by atoms with Gasteiger partial charge in [-0.2, -0.15) is 0 Å². The standard InChI is InChI=1S/C50H63N9O9.C49H62N8O8.ClH/c1-5-39-50(66)55(3)41-28-51-44(53-47(41)59(39)35-9-6-7-10-35)27-34-14-13-33(26-43(34)67-4)42(61)25-32-17-19-56(20-18-32)21-23-68-24-22-57(31(2)60)30-46(63)52-38-12-8-11-36-37(38)29-58(49(36)65)40-15-16-45(62)54-48(40)64;1-4-38-49(63)54(2)40-29-50-43(52-46(40)57(38)34-10-5-6-11-34)28-33-16-15-32(27-42(33)64-3)41(58)26-31-19-21-55(22-20-31)23-25-65-24-8-7-14-44(59)51-37-13-9-12-35-36(37)30-56(48(35)62)39-17-18-45(60)53-47(39)61;/h8,11-14,26,28,32,35,39-40H,5-7,9-10,15-25,27,29-30H2,1-4H3,(H,52,63)(H,54,62,64);9,12-13,15-16,27,29,31,34,38-39H,4-8,10-11,14,17-26,28,30H2,1-3H3,(H,51,59)(H,53,60,61);1H/t39-,40?;38-,39?;/m11./s1. The first-order valence-electron chi connectivity index (χ1n) is 47.6. The molecule has 10 aliphatic rings. The van der Waals surface area contributed by atoms with E-state index in [-0.39, 0.29) is 154 Å². The number of anilines is 6. The Labute approximate surface area is 788 Å². The molecule has 11 amide bonds. The Kier molecular flexibility index (Phi) is 33.1. The van der Waals surface area contributed by atoms with E-state index in [1.807, 2.05) is 43.4 Å². The van der Waals surface area contributed by atoms with E-state index in [2.05, 4.69) is 64.7 Å². The van der Waals surface area contributed by atoms with E-state index in [1.54, 1.807) is 79.9 Å². The van der Waals surface area contributed by atoms with Crippen molar-refractivity contribution >= 4 is 123 Å². The molecule has 2 aromatic heterocycles. The number of ether oxygens (including phenoxy) is 4. The van der Waals surface area contributed by atoms with E-state index in [0.29, 0.717) is 158 Å². The summed E-state index contributed by atoms with van der Waals surface area (Å²) in [5, 5.41) is 10.4. The summed E-state index contributed by atoms with van der Waals surface area (Å²) >= 11 is 0. The van der Waals surface area contributed by atoms with E-state index in [4.69, 9.17) is 28.9 Å². The third-order valence-corrected chi connectivity index (χ3v) is 28.2. The van der Waals surface area contributed by atoms with Crippen molar-refractivity contribution in [3.63, 3.8) is 0 Å². The fourth-order valence-corrected chi connectivity index (χ4v) is 20.6. The first kappa shape index (κ1) is 98.3. The van der Waals surface area contributed by atoms with Gasteiger partial charge in [-0.05, 0) is 164 Å². The van der Waals surface area contributed by atoms with Crippen molar-refractivity contribution in [3.05, 3.63) is 141 Å². The van der Waals surface area contributed by atoms with Gasteiger partial charge >= 0.3 is 0 Å². The lowest BCUT2D eigenvalue weighted by Gasteiger charge is -2.43. The molecule has 10 heterocycles.